The van der Waals surface area contributed by atoms with E-state index < -0.39 is 0 Å². The molecule has 0 aromatic rings. The van der Waals surface area contributed by atoms with Crippen LogP contribution in [-0.4, -0.2) is 35.6 Å². The molecule has 0 radical (unpaired) electrons. The van der Waals surface area contributed by atoms with Crippen LogP contribution in [0.2, 0.25) is 0 Å². The summed E-state index contributed by atoms with van der Waals surface area (Å²) in [6.07, 6.45) is 7.06. The molecule has 1 aliphatic heterocycles. The van der Waals surface area contributed by atoms with Gasteiger partial charge < -0.3 is 10.0 Å². The lowest BCUT2D eigenvalue weighted by Crippen LogP contribution is -2.48. The largest absolute Gasteiger partial charge is 0.396 e. The van der Waals surface area contributed by atoms with Crippen LogP contribution in [-0.2, 0) is 4.79 Å². The van der Waals surface area contributed by atoms with Gasteiger partial charge in [-0.25, -0.2) is 0 Å². The number of amides is 1. The lowest BCUT2D eigenvalue weighted by atomic mass is 9.76. The Bertz CT molecular complexity index is 295. The van der Waals surface area contributed by atoms with Gasteiger partial charge in [0.1, 0.15) is 0 Å². The number of nitrogens with zero attached hydrogens (tertiary/aromatic N) is 1. The van der Waals surface area contributed by atoms with Gasteiger partial charge in [0.15, 0.2) is 0 Å². The van der Waals surface area contributed by atoms with E-state index in [-0.39, 0.29) is 12.0 Å². The van der Waals surface area contributed by atoms with E-state index >= 15 is 0 Å². The first-order valence-electron chi connectivity index (χ1n) is 7.46. The summed E-state index contributed by atoms with van der Waals surface area (Å²) in [4.78, 5) is 14.7. The molecule has 1 unspecified atom stereocenters. The van der Waals surface area contributed by atoms with E-state index in [1.807, 2.05) is 4.90 Å². The fraction of sp³-hybridized carbons (Fsp3) is 0.933. The van der Waals surface area contributed by atoms with Crippen LogP contribution in [0, 0.1) is 17.3 Å². The van der Waals surface area contributed by atoms with E-state index in [0.29, 0.717) is 17.7 Å². The molecule has 2 rings (SSSR count). The second-order valence-electron chi connectivity index (χ2n) is 6.65. The third-order valence-corrected chi connectivity index (χ3v) is 4.99. The number of piperidine rings is 1. The SMILES string of the molecule is CC(C)(C(=O)N1CCCC(CO)C1)C1CCCC1. The van der Waals surface area contributed by atoms with Crippen LogP contribution in [0.3, 0.4) is 0 Å². The number of carbonyl (C=O) groups excluding carboxylic acids is 1. The summed E-state index contributed by atoms with van der Waals surface area (Å²) in [5, 5.41) is 9.27. The summed E-state index contributed by atoms with van der Waals surface area (Å²) in [5.74, 6) is 1.16. The van der Waals surface area contributed by atoms with Gasteiger partial charge in [-0.1, -0.05) is 26.7 Å². The van der Waals surface area contributed by atoms with Gasteiger partial charge in [-0.2, -0.15) is 0 Å². The van der Waals surface area contributed by atoms with Crippen molar-refractivity contribution in [1.29, 1.82) is 0 Å². The Balaban J connectivity index is 2.00. The number of rotatable bonds is 3. The molecule has 0 bridgehead atoms. The minimum absolute atomic E-state index is 0.214. The zero-order valence-corrected chi connectivity index (χ0v) is 11.8. The molecule has 2 fully saturated rings. The second-order valence-corrected chi connectivity index (χ2v) is 6.65. The molecule has 104 valence electrons. The maximum Gasteiger partial charge on any atom is 0.228 e. The van der Waals surface area contributed by atoms with Gasteiger partial charge in [0.2, 0.25) is 5.91 Å². The maximum absolute atomic E-state index is 12.7. The highest BCUT2D eigenvalue weighted by Crippen LogP contribution is 2.41. The van der Waals surface area contributed by atoms with Crippen molar-refractivity contribution in [3.63, 3.8) is 0 Å². The normalized spacial score (nSPS) is 26.6. The Morgan fingerprint density at radius 2 is 1.89 bits per heavy atom. The van der Waals surface area contributed by atoms with Crippen LogP contribution in [0.25, 0.3) is 0 Å². The average molecular weight is 253 g/mol. The third-order valence-electron chi connectivity index (χ3n) is 4.99. The van der Waals surface area contributed by atoms with E-state index in [1.54, 1.807) is 0 Å². The Labute approximate surface area is 111 Å². The lowest BCUT2D eigenvalue weighted by Gasteiger charge is -2.39. The Kier molecular flexibility index (Phi) is 4.31. The van der Waals surface area contributed by atoms with Crippen molar-refractivity contribution >= 4 is 5.91 Å². The highest BCUT2D eigenvalue weighted by Gasteiger charge is 2.41. The molecule has 0 aromatic carbocycles. The number of hydrogen-bond donors (Lipinski definition) is 1. The number of likely N-dealkylation sites (tertiary alicyclic amines) is 1. The van der Waals surface area contributed by atoms with Crippen molar-refractivity contribution in [2.24, 2.45) is 17.3 Å². The summed E-state index contributed by atoms with van der Waals surface area (Å²) in [6, 6.07) is 0. The Hall–Kier alpha value is -0.570. The lowest BCUT2D eigenvalue weighted by molar-refractivity contribution is -0.145. The molecule has 1 saturated carbocycles. The van der Waals surface area contributed by atoms with E-state index in [1.165, 1.54) is 25.7 Å². The summed E-state index contributed by atoms with van der Waals surface area (Å²) >= 11 is 0. The molecule has 0 spiro atoms. The Morgan fingerprint density at radius 1 is 1.22 bits per heavy atom. The van der Waals surface area contributed by atoms with E-state index in [4.69, 9.17) is 0 Å². The van der Waals surface area contributed by atoms with Crippen LogP contribution in [0.15, 0.2) is 0 Å². The summed E-state index contributed by atoms with van der Waals surface area (Å²) in [7, 11) is 0. The van der Waals surface area contributed by atoms with Crippen molar-refractivity contribution in [3.05, 3.63) is 0 Å². The number of hydrogen-bond acceptors (Lipinski definition) is 2. The first-order chi connectivity index (χ1) is 8.55. The van der Waals surface area contributed by atoms with Crippen LogP contribution in [0.1, 0.15) is 52.4 Å². The number of aliphatic hydroxyl groups excluding tert-OH is 1. The van der Waals surface area contributed by atoms with Crippen molar-refractivity contribution in [3.8, 4) is 0 Å². The molecule has 1 saturated heterocycles. The summed E-state index contributed by atoms with van der Waals surface area (Å²) in [6.45, 7) is 6.09. The molecule has 3 nitrogen and oxygen atoms in total. The monoisotopic (exact) mass is 253 g/mol. The summed E-state index contributed by atoms with van der Waals surface area (Å²) < 4.78 is 0. The molecule has 1 aliphatic carbocycles. The van der Waals surface area contributed by atoms with Crippen LogP contribution >= 0.6 is 0 Å². The first kappa shape index (κ1) is 13.9. The molecule has 2 aliphatic rings. The van der Waals surface area contributed by atoms with Gasteiger partial charge in [-0.15, -0.1) is 0 Å². The standard InChI is InChI=1S/C15H27NO2/c1-15(2,13-7-3-4-8-13)14(18)16-9-5-6-12(10-16)11-17/h12-13,17H,3-11H2,1-2H3. The topological polar surface area (TPSA) is 40.5 Å². The zero-order chi connectivity index (χ0) is 13.2. The zero-order valence-electron chi connectivity index (χ0n) is 11.8. The van der Waals surface area contributed by atoms with Gasteiger partial charge in [-0.3, -0.25) is 4.79 Å². The molecular weight excluding hydrogens is 226 g/mol. The van der Waals surface area contributed by atoms with E-state index in [9.17, 15) is 9.90 Å². The Morgan fingerprint density at radius 3 is 2.50 bits per heavy atom. The molecule has 0 aromatic heterocycles. The maximum atomic E-state index is 12.7. The van der Waals surface area contributed by atoms with Gasteiger partial charge in [0, 0.05) is 25.1 Å². The van der Waals surface area contributed by atoms with Crippen molar-refractivity contribution in [1.82, 2.24) is 4.90 Å². The van der Waals surface area contributed by atoms with Gasteiger partial charge in [-0.05, 0) is 37.5 Å². The highest BCUT2D eigenvalue weighted by atomic mass is 16.3. The number of carbonyl (C=O) groups is 1. The first-order valence-corrected chi connectivity index (χ1v) is 7.46. The molecule has 1 heterocycles. The molecular formula is C15H27NO2. The smallest absolute Gasteiger partial charge is 0.228 e. The highest BCUT2D eigenvalue weighted by molar-refractivity contribution is 5.82. The van der Waals surface area contributed by atoms with E-state index in [2.05, 4.69) is 13.8 Å². The van der Waals surface area contributed by atoms with Crippen LogP contribution in [0.5, 0.6) is 0 Å². The molecule has 1 atom stereocenters. The van der Waals surface area contributed by atoms with Crippen molar-refractivity contribution in [2.75, 3.05) is 19.7 Å². The van der Waals surface area contributed by atoms with Gasteiger partial charge >= 0.3 is 0 Å². The fourth-order valence-electron chi connectivity index (χ4n) is 3.63. The molecule has 1 amide bonds. The minimum atomic E-state index is -0.214. The van der Waals surface area contributed by atoms with Crippen molar-refractivity contribution in [2.45, 2.75) is 52.4 Å². The van der Waals surface area contributed by atoms with Crippen molar-refractivity contribution < 1.29 is 9.90 Å². The molecule has 18 heavy (non-hydrogen) atoms. The number of aliphatic hydroxyl groups is 1. The van der Waals surface area contributed by atoms with Crippen LogP contribution in [0.4, 0.5) is 0 Å². The van der Waals surface area contributed by atoms with E-state index in [0.717, 1.165) is 25.9 Å². The summed E-state index contributed by atoms with van der Waals surface area (Å²) in [5.41, 5.74) is -0.214. The predicted molar refractivity (Wildman–Crippen MR) is 72.1 cm³/mol. The van der Waals surface area contributed by atoms with Gasteiger partial charge in [0.25, 0.3) is 0 Å². The second kappa shape index (κ2) is 5.60. The third kappa shape index (κ3) is 2.71. The molecule has 1 N–H and O–H groups in total. The van der Waals surface area contributed by atoms with Crippen LogP contribution < -0.4 is 0 Å². The quantitative estimate of drug-likeness (QED) is 0.839. The fourth-order valence-corrected chi connectivity index (χ4v) is 3.63. The minimum Gasteiger partial charge on any atom is -0.396 e. The average Bonchev–Trinajstić information content (AvgIpc) is 2.92. The van der Waals surface area contributed by atoms with Gasteiger partial charge in [0.05, 0.1) is 0 Å². The predicted octanol–water partition coefficient (Wildman–Crippen LogP) is 2.43. The molecule has 3 heteroatoms.